The summed E-state index contributed by atoms with van der Waals surface area (Å²) in [5, 5.41) is 2.92. The zero-order valence-corrected chi connectivity index (χ0v) is 11.7. The van der Waals surface area contributed by atoms with Gasteiger partial charge in [0.2, 0.25) is 5.91 Å². The van der Waals surface area contributed by atoms with Gasteiger partial charge in [-0.25, -0.2) is 0 Å². The summed E-state index contributed by atoms with van der Waals surface area (Å²) in [5.41, 5.74) is 8.28. The molecular weight excluding hydrogens is 238 g/mol. The number of carbonyl (C=O) groups is 1. The second-order valence-electron chi connectivity index (χ2n) is 5.01. The van der Waals surface area contributed by atoms with Crippen molar-refractivity contribution in [2.24, 2.45) is 5.73 Å². The van der Waals surface area contributed by atoms with Gasteiger partial charge in [-0.1, -0.05) is 26.0 Å². The fourth-order valence-corrected chi connectivity index (χ4v) is 2.58. The predicted octanol–water partition coefficient (Wildman–Crippen LogP) is 1.81. The van der Waals surface area contributed by atoms with Crippen molar-refractivity contribution in [3.8, 4) is 0 Å². The number of carbonyl (C=O) groups excluding carboxylic acids is 1. The highest BCUT2D eigenvalue weighted by Gasteiger charge is 2.27. The first kappa shape index (κ1) is 13.9. The molecule has 0 spiro atoms. The number of hydrogen-bond acceptors (Lipinski definition) is 3. The van der Waals surface area contributed by atoms with Gasteiger partial charge in [-0.15, -0.1) is 0 Å². The molecule has 1 saturated heterocycles. The van der Waals surface area contributed by atoms with Crippen molar-refractivity contribution in [3.05, 3.63) is 29.8 Å². The summed E-state index contributed by atoms with van der Waals surface area (Å²) in [7, 11) is 0. The van der Waals surface area contributed by atoms with Gasteiger partial charge in [0.1, 0.15) is 6.04 Å². The molecule has 2 atom stereocenters. The molecule has 4 heteroatoms. The van der Waals surface area contributed by atoms with E-state index in [1.165, 1.54) is 0 Å². The second-order valence-corrected chi connectivity index (χ2v) is 5.01. The minimum absolute atomic E-state index is 0.0561. The monoisotopic (exact) mass is 261 g/mol. The van der Waals surface area contributed by atoms with Crippen LogP contribution >= 0.6 is 0 Å². The molecule has 2 rings (SSSR count). The Morgan fingerprint density at radius 1 is 1.37 bits per heavy atom. The van der Waals surface area contributed by atoms with Crippen LogP contribution in [0.2, 0.25) is 0 Å². The summed E-state index contributed by atoms with van der Waals surface area (Å²) < 4.78 is 0. The molecule has 1 aromatic carbocycles. The topological polar surface area (TPSA) is 58.4 Å². The smallest absolute Gasteiger partial charge is 0.242 e. The molecule has 1 fully saturated rings. The Hall–Kier alpha value is -1.55. The van der Waals surface area contributed by atoms with Crippen LogP contribution in [0.5, 0.6) is 0 Å². The fourth-order valence-electron chi connectivity index (χ4n) is 2.58. The third kappa shape index (κ3) is 2.89. The Morgan fingerprint density at radius 2 is 2.05 bits per heavy atom. The Bertz CT molecular complexity index is 430. The third-order valence-electron chi connectivity index (χ3n) is 3.81. The summed E-state index contributed by atoms with van der Waals surface area (Å²) in [5.74, 6) is 0.128. The van der Waals surface area contributed by atoms with Gasteiger partial charge < -0.3 is 16.0 Å². The number of nitrogens with two attached hydrogens (primary N) is 1. The zero-order chi connectivity index (χ0) is 13.8. The highest BCUT2D eigenvalue weighted by Crippen LogP contribution is 2.23. The van der Waals surface area contributed by atoms with Gasteiger partial charge in [-0.2, -0.15) is 0 Å². The highest BCUT2D eigenvalue weighted by molar-refractivity contribution is 5.86. The van der Waals surface area contributed by atoms with Crippen LogP contribution in [0.1, 0.15) is 38.3 Å². The van der Waals surface area contributed by atoms with E-state index < -0.39 is 0 Å². The molecule has 1 heterocycles. The van der Waals surface area contributed by atoms with Crippen molar-refractivity contribution in [1.29, 1.82) is 0 Å². The van der Waals surface area contributed by atoms with Gasteiger partial charge in [0.25, 0.3) is 0 Å². The molecule has 1 aliphatic heterocycles. The van der Waals surface area contributed by atoms with Crippen molar-refractivity contribution in [3.63, 3.8) is 0 Å². The number of nitrogens with zero attached hydrogens (tertiary/aromatic N) is 1. The van der Waals surface area contributed by atoms with E-state index in [1.54, 1.807) is 0 Å². The predicted molar refractivity (Wildman–Crippen MR) is 78.1 cm³/mol. The van der Waals surface area contributed by atoms with E-state index in [-0.39, 0.29) is 18.0 Å². The SMILES string of the molecule is CCC1C(=O)NCCN1c1ccc([C@@H](N)CC)cc1. The van der Waals surface area contributed by atoms with Crippen LogP contribution in [0.25, 0.3) is 0 Å². The molecule has 0 aromatic heterocycles. The van der Waals surface area contributed by atoms with Crippen LogP contribution in [0.4, 0.5) is 5.69 Å². The van der Waals surface area contributed by atoms with Crippen LogP contribution in [-0.4, -0.2) is 25.0 Å². The first-order valence-electron chi connectivity index (χ1n) is 7.07. The van der Waals surface area contributed by atoms with Crippen LogP contribution in [-0.2, 0) is 4.79 Å². The van der Waals surface area contributed by atoms with Gasteiger partial charge >= 0.3 is 0 Å². The number of anilines is 1. The fraction of sp³-hybridized carbons (Fsp3) is 0.533. The molecular formula is C15H23N3O. The lowest BCUT2D eigenvalue weighted by Gasteiger charge is -2.36. The van der Waals surface area contributed by atoms with E-state index in [4.69, 9.17) is 5.73 Å². The maximum Gasteiger partial charge on any atom is 0.242 e. The molecule has 19 heavy (non-hydrogen) atoms. The van der Waals surface area contributed by atoms with E-state index in [2.05, 4.69) is 41.4 Å². The average Bonchev–Trinajstić information content (AvgIpc) is 2.46. The molecule has 104 valence electrons. The number of amides is 1. The second kappa shape index (κ2) is 6.06. The number of hydrogen-bond donors (Lipinski definition) is 2. The van der Waals surface area contributed by atoms with Crippen LogP contribution in [0.15, 0.2) is 24.3 Å². The third-order valence-corrected chi connectivity index (χ3v) is 3.81. The molecule has 0 aliphatic carbocycles. The summed E-state index contributed by atoms with van der Waals surface area (Å²) in [6, 6.07) is 8.34. The average molecular weight is 261 g/mol. The Kier molecular flexibility index (Phi) is 4.43. The van der Waals surface area contributed by atoms with Crippen molar-refractivity contribution in [2.45, 2.75) is 38.8 Å². The van der Waals surface area contributed by atoms with Crippen LogP contribution < -0.4 is 16.0 Å². The minimum Gasteiger partial charge on any atom is -0.358 e. The number of benzene rings is 1. The van der Waals surface area contributed by atoms with Crippen molar-refractivity contribution in [1.82, 2.24) is 5.32 Å². The zero-order valence-electron chi connectivity index (χ0n) is 11.7. The van der Waals surface area contributed by atoms with E-state index in [0.717, 1.165) is 30.6 Å². The first-order valence-corrected chi connectivity index (χ1v) is 7.07. The molecule has 0 radical (unpaired) electrons. The first-order chi connectivity index (χ1) is 9.17. The summed E-state index contributed by atoms with van der Waals surface area (Å²) in [6.45, 7) is 5.71. The lowest BCUT2D eigenvalue weighted by Crippen LogP contribution is -2.55. The Labute approximate surface area is 115 Å². The largest absolute Gasteiger partial charge is 0.358 e. The lowest BCUT2D eigenvalue weighted by atomic mass is 10.0. The van der Waals surface area contributed by atoms with Crippen LogP contribution in [0, 0.1) is 0 Å². The van der Waals surface area contributed by atoms with Crippen LogP contribution in [0.3, 0.4) is 0 Å². The molecule has 1 aliphatic rings. The number of nitrogens with one attached hydrogen (secondary N) is 1. The van der Waals surface area contributed by atoms with E-state index in [9.17, 15) is 4.79 Å². The normalized spacial score (nSPS) is 21.1. The highest BCUT2D eigenvalue weighted by atomic mass is 16.2. The van der Waals surface area contributed by atoms with Gasteiger partial charge in [0.05, 0.1) is 0 Å². The van der Waals surface area contributed by atoms with Gasteiger partial charge in [0, 0.05) is 24.8 Å². The summed E-state index contributed by atoms with van der Waals surface area (Å²) in [4.78, 5) is 14.0. The standard InChI is InChI=1S/C15H23N3O/c1-3-13(16)11-5-7-12(8-6-11)18-10-9-17-15(19)14(18)4-2/h5-8,13-14H,3-4,9-10,16H2,1-2H3,(H,17,19)/t13-,14?/m0/s1. The van der Waals surface area contributed by atoms with Gasteiger partial charge in [-0.05, 0) is 30.5 Å². The summed E-state index contributed by atoms with van der Waals surface area (Å²) in [6.07, 6.45) is 1.76. The van der Waals surface area contributed by atoms with Crippen molar-refractivity contribution >= 4 is 11.6 Å². The number of piperazine rings is 1. The minimum atomic E-state index is -0.0561. The quantitative estimate of drug-likeness (QED) is 0.869. The summed E-state index contributed by atoms with van der Waals surface area (Å²) >= 11 is 0. The molecule has 4 nitrogen and oxygen atoms in total. The maximum atomic E-state index is 11.9. The Morgan fingerprint density at radius 3 is 2.63 bits per heavy atom. The molecule has 3 N–H and O–H groups in total. The van der Waals surface area contributed by atoms with E-state index in [0.29, 0.717) is 6.54 Å². The van der Waals surface area contributed by atoms with Gasteiger partial charge in [0.15, 0.2) is 0 Å². The van der Waals surface area contributed by atoms with E-state index >= 15 is 0 Å². The molecule has 1 aromatic rings. The number of rotatable bonds is 4. The molecule has 0 saturated carbocycles. The van der Waals surface area contributed by atoms with Gasteiger partial charge in [-0.3, -0.25) is 4.79 Å². The van der Waals surface area contributed by atoms with Crippen molar-refractivity contribution in [2.75, 3.05) is 18.0 Å². The maximum absolute atomic E-state index is 11.9. The van der Waals surface area contributed by atoms with Crippen molar-refractivity contribution < 1.29 is 4.79 Å². The van der Waals surface area contributed by atoms with E-state index in [1.807, 2.05) is 6.92 Å². The Balaban J connectivity index is 2.18. The molecule has 0 bridgehead atoms. The molecule has 1 unspecified atom stereocenters. The molecule has 1 amide bonds. The lowest BCUT2D eigenvalue weighted by molar-refractivity contribution is -0.123.